The number of ether oxygens (including phenoxy) is 2. The average molecular weight is 410 g/mol. The van der Waals surface area contributed by atoms with E-state index in [0.717, 1.165) is 30.6 Å². The van der Waals surface area contributed by atoms with E-state index in [1.54, 1.807) is 7.11 Å². The molecule has 2 aliphatic heterocycles. The molecule has 3 heterocycles. The van der Waals surface area contributed by atoms with Gasteiger partial charge < -0.3 is 14.0 Å². The molecule has 1 aromatic heterocycles. The number of nitrogens with zero attached hydrogens (tertiary/aromatic N) is 4. The molecule has 1 aromatic carbocycles. The number of rotatable bonds is 6. The summed E-state index contributed by atoms with van der Waals surface area (Å²) in [5.74, 6) is 1.11. The van der Waals surface area contributed by atoms with Gasteiger partial charge in [0.15, 0.2) is 0 Å². The summed E-state index contributed by atoms with van der Waals surface area (Å²) < 4.78 is 54.7. The predicted octanol–water partition coefficient (Wildman–Crippen LogP) is 1.39. The highest BCUT2D eigenvalue weighted by Crippen LogP contribution is 2.38. The average Bonchev–Trinajstić information content (AvgIpc) is 3.19. The van der Waals surface area contributed by atoms with E-state index in [0.29, 0.717) is 26.0 Å². The van der Waals surface area contributed by atoms with Crippen molar-refractivity contribution in [3.63, 3.8) is 0 Å². The van der Waals surface area contributed by atoms with Gasteiger partial charge in [0, 0.05) is 38.6 Å². The van der Waals surface area contributed by atoms with Crippen molar-refractivity contribution in [2.24, 2.45) is 0 Å². The van der Waals surface area contributed by atoms with Crippen LogP contribution in [-0.2, 0) is 34.1 Å². The van der Waals surface area contributed by atoms with Gasteiger partial charge >= 0.3 is 0 Å². The van der Waals surface area contributed by atoms with Crippen LogP contribution in [0.3, 0.4) is 0 Å². The molecule has 1 saturated heterocycles. The lowest BCUT2D eigenvalue weighted by Gasteiger charge is -2.27. The van der Waals surface area contributed by atoms with Crippen LogP contribution in [0, 0.1) is 5.82 Å². The van der Waals surface area contributed by atoms with Crippen LogP contribution < -0.4 is 4.74 Å². The van der Waals surface area contributed by atoms with Crippen molar-refractivity contribution in [2.75, 3.05) is 20.8 Å². The van der Waals surface area contributed by atoms with E-state index in [1.807, 2.05) is 4.57 Å². The first-order chi connectivity index (χ1) is 13.5. The molecular formula is C18H23FN4O4S. The Hall–Kier alpha value is -2.04. The van der Waals surface area contributed by atoms with Crippen LogP contribution in [0.4, 0.5) is 4.39 Å². The minimum Gasteiger partial charge on any atom is -0.495 e. The van der Waals surface area contributed by atoms with Crippen molar-refractivity contribution in [2.45, 2.75) is 49.2 Å². The van der Waals surface area contributed by atoms with Crippen LogP contribution in [0.15, 0.2) is 23.1 Å². The SMILES string of the molecule is COCCc1nnc2n1CC1CCC(C2)N1S(=O)(=O)c1cc(F)ccc1OC. The van der Waals surface area contributed by atoms with Crippen LogP contribution in [0.25, 0.3) is 0 Å². The largest absolute Gasteiger partial charge is 0.495 e. The number of fused-ring (bicyclic) bond motifs is 3. The van der Waals surface area contributed by atoms with Crippen LogP contribution >= 0.6 is 0 Å². The fourth-order valence-electron chi connectivity index (χ4n) is 4.19. The first kappa shape index (κ1) is 19.3. The molecule has 8 nitrogen and oxygen atoms in total. The number of sulfonamides is 1. The lowest BCUT2D eigenvalue weighted by molar-refractivity contribution is 0.199. The molecule has 0 saturated carbocycles. The molecule has 0 amide bonds. The number of hydrogen-bond donors (Lipinski definition) is 0. The smallest absolute Gasteiger partial charge is 0.247 e. The van der Waals surface area contributed by atoms with Crippen LogP contribution in [0.5, 0.6) is 5.75 Å². The fraction of sp³-hybridized carbons (Fsp3) is 0.556. The van der Waals surface area contributed by atoms with E-state index in [1.165, 1.54) is 23.5 Å². The Morgan fingerprint density at radius 2 is 2.00 bits per heavy atom. The van der Waals surface area contributed by atoms with E-state index in [4.69, 9.17) is 9.47 Å². The molecule has 2 aliphatic rings. The Kier molecular flexibility index (Phi) is 5.11. The monoisotopic (exact) mass is 410 g/mol. The van der Waals surface area contributed by atoms with Crippen LogP contribution in [0.2, 0.25) is 0 Å². The first-order valence-corrected chi connectivity index (χ1v) is 10.7. The van der Waals surface area contributed by atoms with Crippen molar-refractivity contribution >= 4 is 10.0 Å². The minimum absolute atomic E-state index is 0.135. The molecule has 0 N–H and O–H groups in total. The highest BCUT2D eigenvalue weighted by molar-refractivity contribution is 7.89. The number of aromatic nitrogens is 3. The summed E-state index contributed by atoms with van der Waals surface area (Å²) in [6.45, 7) is 1.00. The summed E-state index contributed by atoms with van der Waals surface area (Å²) in [6.07, 6.45) is 2.57. The van der Waals surface area contributed by atoms with Gasteiger partial charge in [-0.3, -0.25) is 0 Å². The Balaban J connectivity index is 1.71. The summed E-state index contributed by atoms with van der Waals surface area (Å²) in [4.78, 5) is -0.135. The molecule has 4 rings (SSSR count). The molecule has 28 heavy (non-hydrogen) atoms. The van der Waals surface area contributed by atoms with Gasteiger partial charge in [-0.05, 0) is 31.0 Å². The zero-order valence-corrected chi connectivity index (χ0v) is 16.7. The molecular weight excluding hydrogens is 387 g/mol. The number of methoxy groups -OCH3 is 2. The summed E-state index contributed by atoms with van der Waals surface area (Å²) in [6, 6.07) is 3.10. The van der Waals surface area contributed by atoms with Gasteiger partial charge in [-0.15, -0.1) is 10.2 Å². The standard InChI is InChI=1S/C18H23FN4O4S/c1-26-8-7-17-20-21-18-10-13-4-5-14(11-22(17)18)23(13)28(24,25)16-9-12(19)3-6-15(16)27-2/h3,6,9,13-14H,4-5,7-8,10-11H2,1-2H3. The Morgan fingerprint density at radius 3 is 2.75 bits per heavy atom. The Labute approximate surface area is 163 Å². The maximum absolute atomic E-state index is 13.8. The van der Waals surface area contributed by atoms with E-state index >= 15 is 0 Å². The van der Waals surface area contributed by atoms with Gasteiger partial charge in [0.2, 0.25) is 10.0 Å². The fourth-order valence-corrected chi connectivity index (χ4v) is 6.22. The molecule has 0 radical (unpaired) electrons. The maximum atomic E-state index is 13.8. The van der Waals surface area contributed by atoms with Crippen molar-refractivity contribution in [3.05, 3.63) is 35.7 Å². The lowest BCUT2D eigenvalue weighted by atomic mass is 10.1. The second kappa shape index (κ2) is 7.41. The minimum atomic E-state index is -3.93. The molecule has 2 unspecified atom stereocenters. The summed E-state index contributed by atoms with van der Waals surface area (Å²) in [5, 5.41) is 8.53. The van der Waals surface area contributed by atoms with E-state index < -0.39 is 15.8 Å². The van der Waals surface area contributed by atoms with Gasteiger partial charge in [-0.1, -0.05) is 0 Å². The third-order valence-electron chi connectivity index (χ3n) is 5.48. The third-order valence-corrected chi connectivity index (χ3v) is 7.51. The number of benzene rings is 1. The van der Waals surface area contributed by atoms with E-state index in [2.05, 4.69) is 10.2 Å². The van der Waals surface area contributed by atoms with Crippen molar-refractivity contribution < 1.29 is 22.3 Å². The van der Waals surface area contributed by atoms with Crippen LogP contribution in [-0.4, -0.2) is 60.4 Å². The second-order valence-electron chi connectivity index (χ2n) is 7.11. The molecule has 0 spiro atoms. The lowest BCUT2D eigenvalue weighted by Crippen LogP contribution is -2.42. The summed E-state index contributed by atoms with van der Waals surface area (Å²) in [5.41, 5.74) is 0. The first-order valence-electron chi connectivity index (χ1n) is 9.22. The normalized spacial score (nSPS) is 22.1. The quantitative estimate of drug-likeness (QED) is 0.715. The van der Waals surface area contributed by atoms with E-state index in [9.17, 15) is 12.8 Å². The molecule has 2 aromatic rings. The van der Waals surface area contributed by atoms with Gasteiger partial charge in [-0.25, -0.2) is 12.8 Å². The Bertz CT molecular complexity index is 978. The maximum Gasteiger partial charge on any atom is 0.247 e. The summed E-state index contributed by atoms with van der Waals surface area (Å²) in [7, 11) is -0.921. The molecule has 2 bridgehead atoms. The molecule has 152 valence electrons. The predicted molar refractivity (Wildman–Crippen MR) is 98.1 cm³/mol. The van der Waals surface area contributed by atoms with Crippen molar-refractivity contribution in [1.29, 1.82) is 0 Å². The zero-order valence-electron chi connectivity index (χ0n) is 15.8. The third kappa shape index (κ3) is 3.19. The highest BCUT2D eigenvalue weighted by atomic mass is 32.2. The van der Waals surface area contributed by atoms with Gasteiger partial charge in [0.1, 0.15) is 28.1 Å². The number of halogens is 1. The van der Waals surface area contributed by atoms with Crippen LogP contribution in [0.1, 0.15) is 24.5 Å². The molecule has 10 heteroatoms. The number of hydrogen-bond acceptors (Lipinski definition) is 6. The highest BCUT2D eigenvalue weighted by Gasteiger charge is 2.46. The van der Waals surface area contributed by atoms with Gasteiger partial charge in [0.25, 0.3) is 0 Å². The Morgan fingerprint density at radius 1 is 1.21 bits per heavy atom. The molecule has 0 aliphatic carbocycles. The molecule has 1 fully saturated rings. The topological polar surface area (TPSA) is 86.6 Å². The van der Waals surface area contributed by atoms with E-state index in [-0.39, 0.29) is 22.7 Å². The second-order valence-corrected chi connectivity index (χ2v) is 8.92. The van der Waals surface area contributed by atoms with Gasteiger partial charge in [-0.2, -0.15) is 4.31 Å². The van der Waals surface area contributed by atoms with Gasteiger partial charge in [0.05, 0.1) is 13.7 Å². The zero-order chi connectivity index (χ0) is 19.9. The van der Waals surface area contributed by atoms with Crippen molar-refractivity contribution in [1.82, 2.24) is 19.1 Å². The molecule has 2 atom stereocenters. The summed E-state index contributed by atoms with van der Waals surface area (Å²) >= 11 is 0. The van der Waals surface area contributed by atoms with Crippen molar-refractivity contribution in [3.8, 4) is 5.75 Å².